The summed E-state index contributed by atoms with van der Waals surface area (Å²) in [6.45, 7) is 4.20. The number of benzene rings is 1. The highest BCUT2D eigenvalue weighted by Gasteiger charge is 2.29. The summed E-state index contributed by atoms with van der Waals surface area (Å²) in [6, 6.07) is 5.82. The van der Waals surface area contributed by atoms with Crippen LogP contribution in [0.4, 0.5) is 0 Å². The van der Waals surface area contributed by atoms with Crippen molar-refractivity contribution in [2.45, 2.75) is 32.4 Å². The van der Waals surface area contributed by atoms with E-state index in [1.165, 1.54) is 0 Å². The van der Waals surface area contributed by atoms with E-state index in [0.717, 1.165) is 35.2 Å². The van der Waals surface area contributed by atoms with E-state index in [9.17, 15) is 4.79 Å². The lowest BCUT2D eigenvalue weighted by Gasteiger charge is -2.23. The van der Waals surface area contributed by atoms with Gasteiger partial charge in [0.2, 0.25) is 5.91 Å². The number of amides is 1. The van der Waals surface area contributed by atoms with E-state index in [1.807, 2.05) is 25.1 Å². The first-order valence-electron chi connectivity index (χ1n) is 6.56. The van der Waals surface area contributed by atoms with Gasteiger partial charge in [-0.15, -0.1) is 0 Å². The van der Waals surface area contributed by atoms with Crippen molar-refractivity contribution in [1.82, 2.24) is 4.90 Å². The van der Waals surface area contributed by atoms with Crippen LogP contribution < -0.4 is 10.5 Å². The molecule has 19 heavy (non-hydrogen) atoms. The molecule has 1 aliphatic rings. The van der Waals surface area contributed by atoms with Gasteiger partial charge in [-0.2, -0.15) is 0 Å². The van der Waals surface area contributed by atoms with Gasteiger partial charge >= 0.3 is 0 Å². The van der Waals surface area contributed by atoms with Gasteiger partial charge in [0, 0.05) is 16.6 Å². The molecule has 0 radical (unpaired) electrons. The average molecular weight is 327 g/mol. The molecule has 0 spiro atoms. The number of nitrogens with zero attached hydrogens (tertiary/aromatic N) is 1. The Morgan fingerprint density at radius 1 is 1.58 bits per heavy atom. The quantitative estimate of drug-likeness (QED) is 0.903. The molecule has 1 unspecified atom stereocenters. The van der Waals surface area contributed by atoms with E-state index < -0.39 is 0 Å². The Labute approximate surface area is 122 Å². The summed E-state index contributed by atoms with van der Waals surface area (Å²) in [4.78, 5) is 13.6. The van der Waals surface area contributed by atoms with Crippen molar-refractivity contribution in [2.24, 2.45) is 5.73 Å². The smallest absolute Gasteiger partial charge is 0.234 e. The molecule has 5 heteroatoms. The molecule has 0 aliphatic carbocycles. The van der Waals surface area contributed by atoms with Crippen molar-refractivity contribution in [1.29, 1.82) is 0 Å². The Kier molecular flexibility index (Phi) is 4.82. The van der Waals surface area contributed by atoms with Crippen molar-refractivity contribution >= 4 is 21.8 Å². The molecule has 104 valence electrons. The number of nitrogens with two attached hydrogens (primary N) is 1. The van der Waals surface area contributed by atoms with E-state index in [0.29, 0.717) is 13.2 Å². The second kappa shape index (κ2) is 6.39. The molecule has 0 saturated carbocycles. The molecular formula is C14H19BrN2O2. The highest BCUT2D eigenvalue weighted by atomic mass is 79.9. The van der Waals surface area contributed by atoms with Gasteiger partial charge in [0.25, 0.3) is 0 Å². The third-order valence-electron chi connectivity index (χ3n) is 3.39. The fraction of sp³-hybridized carbons (Fsp3) is 0.500. The second-order valence-corrected chi connectivity index (χ2v) is 5.63. The number of hydrogen-bond donors (Lipinski definition) is 1. The molecular weight excluding hydrogens is 308 g/mol. The number of carbonyl (C=O) groups is 1. The van der Waals surface area contributed by atoms with Crippen molar-refractivity contribution in [2.75, 3.05) is 13.2 Å². The number of primary amides is 1. The number of ether oxygens (including phenoxy) is 1. The van der Waals surface area contributed by atoms with E-state index >= 15 is 0 Å². The van der Waals surface area contributed by atoms with Gasteiger partial charge < -0.3 is 10.5 Å². The summed E-state index contributed by atoms with van der Waals surface area (Å²) in [7, 11) is 0. The molecule has 1 fully saturated rings. The van der Waals surface area contributed by atoms with Crippen LogP contribution in [0.1, 0.15) is 25.3 Å². The van der Waals surface area contributed by atoms with Gasteiger partial charge in [0.1, 0.15) is 5.75 Å². The van der Waals surface area contributed by atoms with E-state index in [4.69, 9.17) is 10.5 Å². The maximum Gasteiger partial charge on any atom is 0.234 e. The molecule has 1 aromatic carbocycles. The highest BCUT2D eigenvalue weighted by molar-refractivity contribution is 9.10. The summed E-state index contributed by atoms with van der Waals surface area (Å²) in [5.41, 5.74) is 6.53. The van der Waals surface area contributed by atoms with E-state index in [1.54, 1.807) is 0 Å². The Balaban J connectivity index is 2.17. The van der Waals surface area contributed by atoms with Crippen molar-refractivity contribution < 1.29 is 9.53 Å². The average Bonchev–Trinajstić information content (AvgIpc) is 2.81. The first-order valence-corrected chi connectivity index (χ1v) is 7.35. The Bertz CT molecular complexity index is 465. The first-order chi connectivity index (χ1) is 9.11. The van der Waals surface area contributed by atoms with Crippen LogP contribution in [0.5, 0.6) is 5.75 Å². The van der Waals surface area contributed by atoms with Crippen molar-refractivity contribution in [3.05, 3.63) is 28.2 Å². The van der Waals surface area contributed by atoms with Crippen LogP contribution in [0.15, 0.2) is 22.7 Å². The zero-order valence-electron chi connectivity index (χ0n) is 11.1. The summed E-state index contributed by atoms with van der Waals surface area (Å²) in [5, 5.41) is 0. The third kappa shape index (κ3) is 3.48. The summed E-state index contributed by atoms with van der Waals surface area (Å²) >= 11 is 3.48. The lowest BCUT2D eigenvalue weighted by molar-refractivity contribution is -0.122. The van der Waals surface area contributed by atoms with Crippen LogP contribution in [0.3, 0.4) is 0 Å². The maximum absolute atomic E-state index is 11.4. The van der Waals surface area contributed by atoms with Gasteiger partial charge in [0.05, 0.1) is 12.6 Å². The normalized spacial score (nSPS) is 19.6. The fourth-order valence-corrected chi connectivity index (χ4v) is 2.93. The Morgan fingerprint density at radius 2 is 2.37 bits per heavy atom. The minimum absolute atomic E-state index is 0.145. The zero-order valence-corrected chi connectivity index (χ0v) is 12.6. The lowest BCUT2D eigenvalue weighted by atomic mass is 10.1. The van der Waals surface area contributed by atoms with Gasteiger partial charge in [-0.05, 0) is 44.5 Å². The van der Waals surface area contributed by atoms with Gasteiger partial charge in [-0.3, -0.25) is 9.69 Å². The number of likely N-dealkylation sites (tertiary alicyclic amines) is 1. The molecule has 4 nitrogen and oxygen atoms in total. The van der Waals surface area contributed by atoms with Crippen LogP contribution in [-0.2, 0) is 11.3 Å². The number of rotatable bonds is 5. The summed E-state index contributed by atoms with van der Waals surface area (Å²) in [6.07, 6.45) is 1.87. The molecule has 2 N–H and O–H groups in total. The second-order valence-electron chi connectivity index (χ2n) is 4.72. The van der Waals surface area contributed by atoms with Crippen LogP contribution in [0.2, 0.25) is 0 Å². The standard InChI is InChI=1S/C14H19BrN2O2/c1-2-19-13-6-5-11(15)8-10(13)9-17-7-3-4-12(17)14(16)18/h5-6,8,12H,2-4,7,9H2,1H3,(H2,16,18). The van der Waals surface area contributed by atoms with E-state index in [2.05, 4.69) is 20.8 Å². The van der Waals surface area contributed by atoms with Gasteiger partial charge in [-0.1, -0.05) is 15.9 Å². The van der Waals surface area contributed by atoms with E-state index in [-0.39, 0.29) is 11.9 Å². The van der Waals surface area contributed by atoms with Crippen LogP contribution >= 0.6 is 15.9 Å². The zero-order chi connectivity index (χ0) is 13.8. The van der Waals surface area contributed by atoms with Crippen LogP contribution in [0, 0.1) is 0 Å². The Hall–Kier alpha value is -1.07. The van der Waals surface area contributed by atoms with Gasteiger partial charge in [0.15, 0.2) is 0 Å². The lowest BCUT2D eigenvalue weighted by Crippen LogP contribution is -2.39. The number of hydrogen-bond acceptors (Lipinski definition) is 3. The van der Waals surface area contributed by atoms with Crippen LogP contribution in [0.25, 0.3) is 0 Å². The number of halogens is 1. The molecule has 1 atom stereocenters. The predicted molar refractivity (Wildman–Crippen MR) is 77.9 cm³/mol. The molecule has 1 aliphatic heterocycles. The fourth-order valence-electron chi connectivity index (χ4n) is 2.52. The predicted octanol–water partition coefficient (Wildman–Crippen LogP) is 2.30. The monoisotopic (exact) mass is 326 g/mol. The summed E-state index contributed by atoms with van der Waals surface area (Å²) in [5.74, 6) is 0.645. The summed E-state index contributed by atoms with van der Waals surface area (Å²) < 4.78 is 6.65. The first kappa shape index (κ1) is 14.3. The largest absolute Gasteiger partial charge is 0.494 e. The van der Waals surface area contributed by atoms with Crippen LogP contribution in [-0.4, -0.2) is 30.0 Å². The third-order valence-corrected chi connectivity index (χ3v) is 3.88. The SMILES string of the molecule is CCOc1ccc(Br)cc1CN1CCCC1C(N)=O. The van der Waals surface area contributed by atoms with Gasteiger partial charge in [-0.25, -0.2) is 0 Å². The highest BCUT2D eigenvalue weighted by Crippen LogP contribution is 2.27. The molecule has 2 rings (SSSR count). The minimum atomic E-state index is -0.231. The topological polar surface area (TPSA) is 55.6 Å². The molecule has 0 bridgehead atoms. The van der Waals surface area contributed by atoms with Crippen molar-refractivity contribution in [3.63, 3.8) is 0 Å². The number of carbonyl (C=O) groups excluding carboxylic acids is 1. The van der Waals surface area contributed by atoms with Crippen molar-refractivity contribution in [3.8, 4) is 5.75 Å². The molecule has 1 aromatic rings. The molecule has 1 heterocycles. The molecule has 1 amide bonds. The molecule has 1 saturated heterocycles. The Morgan fingerprint density at radius 3 is 3.05 bits per heavy atom. The molecule has 0 aromatic heterocycles. The minimum Gasteiger partial charge on any atom is -0.494 e. The maximum atomic E-state index is 11.4.